The van der Waals surface area contributed by atoms with E-state index in [9.17, 15) is 0 Å². The summed E-state index contributed by atoms with van der Waals surface area (Å²) in [5.41, 5.74) is 3.41. The SMILES string of the molecule is COc1ccc(COc2ccc(CNCc3ccncc3)cc2OC)cc1. The van der Waals surface area contributed by atoms with Gasteiger partial charge in [-0.3, -0.25) is 4.98 Å². The molecule has 2 aromatic carbocycles. The highest BCUT2D eigenvalue weighted by Crippen LogP contribution is 2.29. The quantitative estimate of drug-likeness (QED) is 0.623. The summed E-state index contributed by atoms with van der Waals surface area (Å²) in [6.07, 6.45) is 3.60. The standard InChI is InChI=1S/C22H24N2O3/c1-25-20-6-3-18(4-7-20)16-27-21-8-5-19(13-22(21)26-2)15-24-14-17-9-11-23-12-10-17/h3-13,24H,14-16H2,1-2H3. The zero-order valence-electron chi connectivity index (χ0n) is 15.6. The Kier molecular flexibility index (Phi) is 6.66. The van der Waals surface area contributed by atoms with Crippen molar-refractivity contribution in [2.24, 2.45) is 0 Å². The fraction of sp³-hybridized carbons (Fsp3) is 0.227. The van der Waals surface area contributed by atoms with Crippen molar-refractivity contribution in [3.8, 4) is 17.2 Å². The molecule has 5 heteroatoms. The lowest BCUT2D eigenvalue weighted by molar-refractivity contribution is 0.284. The van der Waals surface area contributed by atoms with Crippen molar-refractivity contribution in [1.82, 2.24) is 10.3 Å². The predicted octanol–water partition coefficient (Wildman–Crippen LogP) is 3.97. The van der Waals surface area contributed by atoms with Crippen molar-refractivity contribution in [2.75, 3.05) is 14.2 Å². The Hall–Kier alpha value is -3.05. The van der Waals surface area contributed by atoms with Crippen molar-refractivity contribution < 1.29 is 14.2 Å². The van der Waals surface area contributed by atoms with Gasteiger partial charge in [-0.2, -0.15) is 0 Å². The van der Waals surface area contributed by atoms with Gasteiger partial charge in [-0.15, -0.1) is 0 Å². The van der Waals surface area contributed by atoms with Crippen molar-refractivity contribution in [3.63, 3.8) is 0 Å². The van der Waals surface area contributed by atoms with Crippen LogP contribution in [-0.4, -0.2) is 19.2 Å². The van der Waals surface area contributed by atoms with Gasteiger partial charge in [-0.25, -0.2) is 0 Å². The number of ether oxygens (including phenoxy) is 3. The first-order valence-electron chi connectivity index (χ1n) is 8.81. The van der Waals surface area contributed by atoms with E-state index in [-0.39, 0.29) is 0 Å². The summed E-state index contributed by atoms with van der Waals surface area (Å²) < 4.78 is 16.6. The molecule has 0 amide bonds. The second kappa shape index (κ2) is 9.59. The molecular weight excluding hydrogens is 340 g/mol. The van der Waals surface area contributed by atoms with Gasteiger partial charge in [0, 0.05) is 25.5 Å². The first-order valence-corrected chi connectivity index (χ1v) is 8.81. The Morgan fingerprint density at radius 1 is 0.741 bits per heavy atom. The first kappa shape index (κ1) is 18.7. The van der Waals surface area contributed by atoms with Crippen molar-refractivity contribution in [3.05, 3.63) is 83.7 Å². The van der Waals surface area contributed by atoms with Gasteiger partial charge in [0.25, 0.3) is 0 Å². The fourth-order valence-corrected chi connectivity index (χ4v) is 2.68. The molecule has 0 aliphatic carbocycles. The van der Waals surface area contributed by atoms with Gasteiger partial charge in [0.1, 0.15) is 12.4 Å². The number of pyridine rings is 1. The molecule has 3 aromatic rings. The summed E-state index contributed by atoms with van der Waals surface area (Å²) in [7, 11) is 3.31. The summed E-state index contributed by atoms with van der Waals surface area (Å²) in [5.74, 6) is 2.29. The van der Waals surface area contributed by atoms with Crippen LogP contribution >= 0.6 is 0 Å². The third kappa shape index (κ3) is 5.46. The molecule has 27 heavy (non-hydrogen) atoms. The molecule has 0 fully saturated rings. The maximum Gasteiger partial charge on any atom is 0.161 e. The summed E-state index contributed by atoms with van der Waals surface area (Å²) in [6.45, 7) is 2.01. The molecule has 0 aliphatic heterocycles. The van der Waals surface area contributed by atoms with Gasteiger partial charge in [0.2, 0.25) is 0 Å². The van der Waals surface area contributed by atoms with E-state index in [1.54, 1.807) is 26.6 Å². The van der Waals surface area contributed by atoms with Crippen LogP contribution in [0.15, 0.2) is 67.0 Å². The average molecular weight is 364 g/mol. The number of aromatic nitrogens is 1. The molecule has 1 N–H and O–H groups in total. The molecule has 1 aromatic heterocycles. The van der Waals surface area contributed by atoms with Crippen LogP contribution < -0.4 is 19.5 Å². The molecule has 0 saturated heterocycles. The molecule has 3 rings (SSSR count). The van der Waals surface area contributed by atoms with Gasteiger partial charge in [0.05, 0.1) is 14.2 Å². The summed E-state index contributed by atoms with van der Waals surface area (Å²) in [6, 6.07) is 17.8. The predicted molar refractivity (Wildman–Crippen MR) is 105 cm³/mol. The first-order chi connectivity index (χ1) is 13.3. The zero-order valence-corrected chi connectivity index (χ0v) is 15.6. The molecule has 0 spiro atoms. The summed E-state index contributed by atoms with van der Waals surface area (Å²) in [5, 5.41) is 3.42. The zero-order chi connectivity index (χ0) is 18.9. The lowest BCUT2D eigenvalue weighted by Crippen LogP contribution is -2.12. The van der Waals surface area contributed by atoms with E-state index in [0.29, 0.717) is 6.61 Å². The number of benzene rings is 2. The van der Waals surface area contributed by atoms with Gasteiger partial charge >= 0.3 is 0 Å². The summed E-state index contributed by atoms with van der Waals surface area (Å²) in [4.78, 5) is 4.03. The number of nitrogens with zero attached hydrogens (tertiary/aromatic N) is 1. The van der Waals surface area contributed by atoms with E-state index in [1.165, 1.54) is 5.56 Å². The van der Waals surface area contributed by atoms with Gasteiger partial charge in [-0.1, -0.05) is 18.2 Å². The monoisotopic (exact) mass is 364 g/mol. The maximum absolute atomic E-state index is 5.92. The van der Waals surface area contributed by atoms with Crippen LogP contribution in [0.4, 0.5) is 0 Å². The highest BCUT2D eigenvalue weighted by molar-refractivity contribution is 5.43. The molecule has 1 heterocycles. The third-order valence-electron chi connectivity index (χ3n) is 4.19. The van der Waals surface area contributed by atoms with Gasteiger partial charge < -0.3 is 19.5 Å². The Balaban J connectivity index is 1.56. The molecule has 0 bridgehead atoms. The summed E-state index contributed by atoms with van der Waals surface area (Å²) >= 11 is 0. The minimum atomic E-state index is 0.472. The van der Waals surface area contributed by atoms with Crippen LogP contribution in [0.5, 0.6) is 17.2 Å². The van der Waals surface area contributed by atoms with E-state index in [1.807, 2.05) is 54.6 Å². The van der Waals surface area contributed by atoms with Crippen LogP contribution in [0.1, 0.15) is 16.7 Å². The average Bonchev–Trinajstić information content (AvgIpc) is 2.73. The molecule has 0 unspecified atom stereocenters. The van der Waals surface area contributed by atoms with Crippen molar-refractivity contribution in [1.29, 1.82) is 0 Å². The second-order valence-electron chi connectivity index (χ2n) is 6.08. The molecule has 140 valence electrons. The molecular formula is C22H24N2O3. The number of hydrogen-bond acceptors (Lipinski definition) is 5. The van der Waals surface area contributed by atoms with E-state index < -0.39 is 0 Å². The van der Waals surface area contributed by atoms with Crippen molar-refractivity contribution >= 4 is 0 Å². The maximum atomic E-state index is 5.92. The van der Waals surface area contributed by atoms with Crippen LogP contribution in [0, 0.1) is 0 Å². The molecule has 0 aliphatic rings. The molecule has 5 nitrogen and oxygen atoms in total. The second-order valence-corrected chi connectivity index (χ2v) is 6.08. The number of nitrogens with one attached hydrogen (secondary N) is 1. The Bertz CT molecular complexity index is 836. The highest BCUT2D eigenvalue weighted by atomic mass is 16.5. The van der Waals surface area contributed by atoms with Crippen LogP contribution in [0.3, 0.4) is 0 Å². The minimum absolute atomic E-state index is 0.472. The Morgan fingerprint density at radius 2 is 1.44 bits per heavy atom. The largest absolute Gasteiger partial charge is 0.497 e. The van der Waals surface area contributed by atoms with Crippen LogP contribution in [-0.2, 0) is 19.7 Å². The van der Waals surface area contributed by atoms with E-state index in [2.05, 4.69) is 10.3 Å². The molecule has 0 saturated carbocycles. The fourth-order valence-electron chi connectivity index (χ4n) is 2.68. The minimum Gasteiger partial charge on any atom is -0.497 e. The van der Waals surface area contributed by atoms with E-state index in [4.69, 9.17) is 14.2 Å². The molecule has 0 radical (unpaired) electrons. The smallest absolute Gasteiger partial charge is 0.161 e. The number of rotatable bonds is 9. The van der Waals surface area contributed by atoms with Crippen molar-refractivity contribution in [2.45, 2.75) is 19.7 Å². The Morgan fingerprint density at radius 3 is 2.15 bits per heavy atom. The van der Waals surface area contributed by atoms with Crippen LogP contribution in [0.2, 0.25) is 0 Å². The highest BCUT2D eigenvalue weighted by Gasteiger charge is 2.07. The van der Waals surface area contributed by atoms with Gasteiger partial charge in [0.15, 0.2) is 11.5 Å². The third-order valence-corrected chi connectivity index (χ3v) is 4.19. The Labute approximate surface area is 159 Å². The van der Waals surface area contributed by atoms with Gasteiger partial charge in [-0.05, 0) is 53.1 Å². The lowest BCUT2D eigenvalue weighted by Gasteiger charge is -2.13. The number of hydrogen-bond donors (Lipinski definition) is 1. The van der Waals surface area contributed by atoms with E-state index in [0.717, 1.165) is 41.5 Å². The number of methoxy groups -OCH3 is 2. The topological polar surface area (TPSA) is 52.6 Å². The normalized spacial score (nSPS) is 10.4. The van der Waals surface area contributed by atoms with E-state index >= 15 is 0 Å². The molecule has 0 atom stereocenters. The van der Waals surface area contributed by atoms with Crippen LogP contribution in [0.25, 0.3) is 0 Å². The lowest BCUT2D eigenvalue weighted by atomic mass is 10.2.